The molecule has 1 aromatic rings. The van der Waals surface area contributed by atoms with Gasteiger partial charge in [-0.3, -0.25) is 4.79 Å². The average molecular weight is 307 g/mol. The zero-order valence-corrected chi connectivity index (χ0v) is 12.8. The highest BCUT2D eigenvalue weighted by Gasteiger charge is 2.77. The van der Waals surface area contributed by atoms with Gasteiger partial charge in [0.25, 0.3) is 0 Å². The minimum absolute atomic E-state index is 0.107. The van der Waals surface area contributed by atoms with Gasteiger partial charge >= 0.3 is 5.97 Å². The summed E-state index contributed by atoms with van der Waals surface area (Å²) in [6.07, 6.45) is 0. The first-order valence-electron chi connectivity index (χ1n) is 6.80. The number of carbonyl (C=O) groups excluding carboxylic acids is 1. The molecule has 1 aromatic carbocycles. The van der Waals surface area contributed by atoms with Crippen LogP contribution in [0.3, 0.4) is 0 Å². The summed E-state index contributed by atoms with van der Waals surface area (Å²) >= 11 is 0. The lowest BCUT2D eigenvalue weighted by Gasteiger charge is -2.08. The van der Waals surface area contributed by atoms with Crippen LogP contribution in [0.15, 0.2) is 30.3 Å². The minimum Gasteiger partial charge on any atom is -0.465 e. The molecule has 0 amide bonds. The Labute approximate surface area is 124 Å². The van der Waals surface area contributed by atoms with Crippen molar-refractivity contribution in [3.8, 4) is 6.07 Å². The second-order valence-corrected chi connectivity index (χ2v) is 7.37. The maximum Gasteiger partial charge on any atom is 0.328 e. The van der Waals surface area contributed by atoms with Crippen molar-refractivity contribution in [1.29, 1.82) is 5.26 Å². The summed E-state index contributed by atoms with van der Waals surface area (Å²) in [6, 6.07) is 10.7. The Kier molecular flexibility index (Phi) is 4.06. The number of sulfone groups is 1. The maximum atomic E-state index is 12.3. The van der Waals surface area contributed by atoms with Gasteiger partial charge in [0.05, 0.1) is 12.7 Å². The van der Waals surface area contributed by atoms with Crippen molar-refractivity contribution in [2.75, 3.05) is 12.4 Å². The average Bonchev–Trinajstić information content (AvgIpc) is 3.20. The van der Waals surface area contributed by atoms with Crippen LogP contribution in [0.2, 0.25) is 0 Å². The highest BCUT2D eigenvalue weighted by atomic mass is 32.2. The van der Waals surface area contributed by atoms with Crippen LogP contribution in [0.5, 0.6) is 0 Å². The smallest absolute Gasteiger partial charge is 0.328 e. The molecule has 0 unspecified atom stereocenters. The van der Waals surface area contributed by atoms with Gasteiger partial charge in [0.15, 0.2) is 15.3 Å². The van der Waals surface area contributed by atoms with E-state index in [1.165, 1.54) is 6.92 Å². The molecule has 1 saturated carbocycles. The predicted octanol–water partition coefficient (Wildman–Crippen LogP) is 1.66. The van der Waals surface area contributed by atoms with Crippen LogP contribution >= 0.6 is 0 Å². The van der Waals surface area contributed by atoms with Crippen LogP contribution in [0.1, 0.15) is 25.3 Å². The number of nitriles is 1. The van der Waals surface area contributed by atoms with Gasteiger partial charge in [0.2, 0.25) is 0 Å². The summed E-state index contributed by atoms with van der Waals surface area (Å²) in [5.41, 5.74) is -0.944. The van der Waals surface area contributed by atoms with Crippen molar-refractivity contribution >= 4 is 15.8 Å². The van der Waals surface area contributed by atoms with Gasteiger partial charge in [-0.1, -0.05) is 37.3 Å². The molecule has 21 heavy (non-hydrogen) atoms. The van der Waals surface area contributed by atoms with E-state index in [0.717, 1.165) is 0 Å². The van der Waals surface area contributed by atoms with Gasteiger partial charge in [-0.2, -0.15) is 5.26 Å². The predicted molar refractivity (Wildman–Crippen MR) is 77.1 cm³/mol. The van der Waals surface area contributed by atoms with Gasteiger partial charge in [-0.25, -0.2) is 8.42 Å². The standard InChI is InChI=1S/C15H17NO4S/c1-3-20-14(17)15(10-16)12(11-8-6-5-7-9-11)13(15)21(18,19)4-2/h5-9,12-13H,3-4H2,1-2H3/t12-,13-,15-/m1/s1. The normalized spacial score (nSPS) is 27.7. The second kappa shape index (κ2) is 5.49. The van der Waals surface area contributed by atoms with Crippen molar-refractivity contribution in [3.05, 3.63) is 35.9 Å². The highest BCUT2D eigenvalue weighted by molar-refractivity contribution is 7.92. The first-order chi connectivity index (χ1) is 9.95. The lowest BCUT2D eigenvalue weighted by Crippen LogP contribution is -2.26. The zero-order chi connectivity index (χ0) is 15.7. The van der Waals surface area contributed by atoms with Crippen molar-refractivity contribution in [2.45, 2.75) is 25.0 Å². The Morgan fingerprint density at radius 1 is 1.33 bits per heavy atom. The van der Waals surface area contributed by atoms with E-state index in [9.17, 15) is 18.5 Å². The summed E-state index contributed by atoms with van der Waals surface area (Å²) in [4.78, 5) is 12.2. The topological polar surface area (TPSA) is 84.2 Å². The molecule has 0 aromatic heterocycles. The maximum absolute atomic E-state index is 12.3. The molecule has 112 valence electrons. The van der Waals surface area contributed by atoms with Crippen LogP contribution in [-0.2, 0) is 19.4 Å². The van der Waals surface area contributed by atoms with E-state index < -0.39 is 32.4 Å². The van der Waals surface area contributed by atoms with Crippen LogP contribution < -0.4 is 0 Å². The van der Waals surface area contributed by atoms with Crippen LogP contribution in [0.25, 0.3) is 0 Å². The van der Waals surface area contributed by atoms with E-state index in [4.69, 9.17) is 4.74 Å². The third-order valence-corrected chi connectivity index (χ3v) is 6.10. The number of hydrogen-bond donors (Lipinski definition) is 0. The Morgan fingerprint density at radius 3 is 2.43 bits per heavy atom. The van der Waals surface area contributed by atoms with Crippen molar-refractivity contribution in [3.63, 3.8) is 0 Å². The lowest BCUT2D eigenvalue weighted by atomic mass is 10.0. The molecular weight excluding hydrogens is 290 g/mol. The van der Waals surface area contributed by atoms with Gasteiger partial charge < -0.3 is 4.74 Å². The summed E-state index contributed by atoms with van der Waals surface area (Å²) in [5, 5.41) is 8.47. The van der Waals surface area contributed by atoms with Gasteiger partial charge in [-0.15, -0.1) is 0 Å². The van der Waals surface area contributed by atoms with Crippen LogP contribution in [0, 0.1) is 16.7 Å². The molecule has 1 fully saturated rings. The van der Waals surface area contributed by atoms with E-state index in [-0.39, 0.29) is 12.4 Å². The molecule has 5 nitrogen and oxygen atoms in total. The van der Waals surface area contributed by atoms with E-state index in [1.807, 2.05) is 6.07 Å². The number of rotatable bonds is 5. The fraction of sp³-hybridized carbons (Fsp3) is 0.467. The molecule has 6 heteroatoms. The van der Waals surface area contributed by atoms with Crippen molar-refractivity contribution < 1.29 is 17.9 Å². The fourth-order valence-corrected chi connectivity index (χ4v) is 4.73. The Hall–Kier alpha value is -1.87. The molecule has 0 heterocycles. The van der Waals surface area contributed by atoms with E-state index in [2.05, 4.69) is 0 Å². The van der Waals surface area contributed by atoms with Crippen LogP contribution in [0.4, 0.5) is 0 Å². The monoisotopic (exact) mass is 307 g/mol. The fourth-order valence-electron chi connectivity index (χ4n) is 2.80. The van der Waals surface area contributed by atoms with Gasteiger partial charge in [0, 0.05) is 11.7 Å². The molecule has 0 spiro atoms. The summed E-state index contributed by atoms with van der Waals surface area (Å²) < 4.78 is 29.5. The van der Waals surface area contributed by atoms with Crippen molar-refractivity contribution in [1.82, 2.24) is 0 Å². The molecule has 1 aliphatic carbocycles. The number of benzene rings is 1. The first kappa shape index (κ1) is 15.5. The quantitative estimate of drug-likeness (QED) is 0.772. The van der Waals surface area contributed by atoms with E-state index in [0.29, 0.717) is 5.56 Å². The molecule has 0 saturated heterocycles. The minimum atomic E-state index is -3.53. The number of hydrogen-bond acceptors (Lipinski definition) is 5. The third-order valence-electron chi connectivity index (χ3n) is 3.88. The van der Waals surface area contributed by atoms with Gasteiger partial charge in [-0.05, 0) is 12.5 Å². The Morgan fingerprint density at radius 2 is 1.95 bits per heavy atom. The van der Waals surface area contributed by atoms with E-state index >= 15 is 0 Å². The van der Waals surface area contributed by atoms with Crippen molar-refractivity contribution in [2.24, 2.45) is 5.41 Å². The number of nitrogens with zero attached hydrogens (tertiary/aromatic N) is 1. The highest BCUT2D eigenvalue weighted by Crippen LogP contribution is 2.63. The summed E-state index contributed by atoms with van der Waals surface area (Å²) in [5.74, 6) is -1.51. The Bertz CT molecular complexity index is 677. The number of ether oxygens (including phenoxy) is 1. The number of esters is 1. The molecule has 0 radical (unpaired) electrons. The SMILES string of the molecule is CCOC(=O)[C@]1(C#N)[C@H](c2ccccc2)[C@H]1S(=O)(=O)CC. The Balaban J connectivity index is 2.52. The first-order valence-corrected chi connectivity index (χ1v) is 8.52. The summed E-state index contributed by atoms with van der Waals surface area (Å²) in [7, 11) is -3.53. The third kappa shape index (κ3) is 2.32. The summed E-state index contributed by atoms with van der Waals surface area (Å²) in [6.45, 7) is 3.26. The second-order valence-electron chi connectivity index (χ2n) is 4.96. The molecule has 2 rings (SSSR count). The largest absolute Gasteiger partial charge is 0.465 e. The van der Waals surface area contributed by atoms with E-state index in [1.54, 1.807) is 37.3 Å². The molecule has 1 aliphatic rings. The molecule has 0 bridgehead atoms. The molecule has 0 N–H and O–H groups in total. The van der Waals surface area contributed by atoms with Crippen LogP contribution in [-0.4, -0.2) is 32.0 Å². The molecular formula is C15H17NO4S. The zero-order valence-electron chi connectivity index (χ0n) is 11.9. The molecule has 3 atom stereocenters. The van der Waals surface area contributed by atoms with Gasteiger partial charge in [0.1, 0.15) is 5.25 Å². The molecule has 0 aliphatic heterocycles. The number of carbonyl (C=O) groups is 1. The lowest BCUT2D eigenvalue weighted by molar-refractivity contribution is -0.147.